The lowest BCUT2D eigenvalue weighted by Gasteiger charge is -2.10. The molecule has 2 nitrogen and oxygen atoms in total. The average Bonchev–Trinajstić information content (AvgIpc) is 2.78. The number of carbonyl (C=O) groups is 2. The molecule has 1 aliphatic carbocycles. The second kappa shape index (κ2) is 7.51. The molecule has 4 heteroatoms. The normalized spacial score (nSPS) is 19.5. The lowest BCUT2D eigenvalue weighted by atomic mass is 9.94. The van der Waals surface area contributed by atoms with Crippen LogP contribution in [0.2, 0.25) is 0 Å². The van der Waals surface area contributed by atoms with Crippen molar-refractivity contribution >= 4 is 39.6 Å². The Morgan fingerprint density at radius 3 is 2.59 bits per heavy atom. The van der Waals surface area contributed by atoms with Crippen LogP contribution in [0, 0.1) is 5.92 Å². The van der Waals surface area contributed by atoms with Crippen molar-refractivity contribution in [1.29, 1.82) is 0 Å². The van der Waals surface area contributed by atoms with Gasteiger partial charge in [-0.2, -0.15) is 0 Å². The third kappa shape index (κ3) is 3.18. The number of carbonyl (C=O) groups excluding carboxylic acids is 2. The summed E-state index contributed by atoms with van der Waals surface area (Å²) < 4.78 is 0. The number of benzene rings is 1. The van der Waals surface area contributed by atoms with Crippen LogP contribution in [0.25, 0.3) is 5.57 Å². The Morgan fingerprint density at radius 2 is 2.00 bits per heavy atom. The zero-order chi connectivity index (χ0) is 16.3. The van der Waals surface area contributed by atoms with Crippen molar-refractivity contribution in [2.75, 3.05) is 0 Å². The fraction of sp³-hybridized carbons (Fsp3) is 0.444. The molecule has 0 heterocycles. The Labute approximate surface area is 141 Å². The lowest BCUT2D eigenvalue weighted by molar-refractivity contribution is -0.118. The van der Waals surface area contributed by atoms with Crippen LogP contribution in [0.1, 0.15) is 57.1 Å². The van der Waals surface area contributed by atoms with Crippen LogP contribution < -0.4 is 0 Å². The molecule has 0 saturated carbocycles. The van der Waals surface area contributed by atoms with Gasteiger partial charge in [-0.25, -0.2) is 0 Å². The molecular formula is C18H22O2S2. The summed E-state index contributed by atoms with van der Waals surface area (Å²) in [6.45, 7) is 5.83. The fourth-order valence-electron chi connectivity index (χ4n) is 2.88. The maximum atomic E-state index is 12.9. The molecule has 22 heavy (non-hydrogen) atoms. The lowest BCUT2D eigenvalue weighted by Crippen LogP contribution is -2.13. The number of ketones is 2. The van der Waals surface area contributed by atoms with Gasteiger partial charge in [0, 0.05) is 17.4 Å². The van der Waals surface area contributed by atoms with Crippen molar-refractivity contribution in [3.8, 4) is 0 Å². The average molecular weight is 335 g/mol. The fourth-order valence-corrected chi connectivity index (χ4v) is 4.05. The molecule has 0 saturated heterocycles. The van der Waals surface area contributed by atoms with E-state index in [1.807, 2.05) is 38.1 Å². The summed E-state index contributed by atoms with van der Waals surface area (Å²) in [7, 11) is 1.10. The molecule has 1 aromatic carbocycles. The molecule has 118 valence electrons. The summed E-state index contributed by atoms with van der Waals surface area (Å²) >= 11 is 4.24. The van der Waals surface area contributed by atoms with Crippen molar-refractivity contribution in [2.24, 2.45) is 5.92 Å². The van der Waals surface area contributed by atoms with Gasteiger partial charge < -0.3 is 0 Å². The van der Waals surface area contributed by atoms with Crippen molar-refractivity contribution in [2.45, 2.75) is 46.0 Å². The number of hydrogen-bond donors (Lipinski definition) is 1. The molecule has 0 N–H and O–H groups in total. The first-order valence-corrected chi connectivity index (χ1v) is 9.63. The summed E-state index contributed by atoms with van der Waals surface area (Å²) in [5.74, 6) is -0.173. The molecule has 1 atom stereocenters. The third-order valence-electron chi connectivity index (χ3n) is 4.08. The Kier molecular flexibility index (Phi) is 5.93. The molecule has 1 aliphatic rings. The Morgan fingerprint density at radius 1 is 1.32 bits per heavy atom. The number of thiol groups is 1. The molecule has 0 spiro atoms. The van der Waals surface area contributed by atoms with E-state index in [-0.39, 0.29) is 23.4 Å². The first-order valence-electron chi connectivity index (χ1n) is 7.76. The van der Waals surface area contributed by atoms with Crippen molar-refractivity contribution in [3.05, 3.63) is 40.3 Å². The van der Waals surface area contributed by atoms with Gasteiger partial charge in [0.1, 0.15) is 0 Å². The van der Waals surface area contributed by atoms with Crippen LogP contribution in [-0.4, -0.2) is 11.6 Å². The van der Waals surface area contributed by atoms with E-state index in [1.165, 1.54) is 0 Å². The van der Waals surface area contributed by atoms with Gasteiger partial charge in [0.05, 0.1) is 4.91 Å². The summed E-state index contributed by atoms with van der Waals surface area (Å²) in [4.78, 5) is 25.9. The maximum absolute atomic E-state index is 12.9. The summed E-state index contributed by atoms with van der Waals surface area (Å²) in [6, 6.07) is 7.86. The molecule has 0 aromatic heterocycles. The van der Waals surface area contributed by atoms with E-state index in [2.05, 4.69) is 18.6 Å². The van der Waals surface area contributed by atoms with E-state index >= 15 is 0 Å². The number of allylic oxidation sites excluding steroid dienone is 2. The number of fused-ring (bicyclic) bond motifs is 1. The van der Waals surface area contributed by atoms with Crippen molar-refractivity contribution in [1.82, 2.24) is 0 Å². The zero-order valence-corrected chi connectivity index (χ0v) is 15.0. The van der Waals surface area contributed by atoms with Gasteiger partial charge in [-0.05, 0) is 17.5 Å². The highest BCUT2D eigenvalue weighted by Crippen LogP contribution is 2.45. The zero-order valence-electron chi connectivity index (χ0n) is 13.3. The van der Waals surface area contributed by atoms with Crippen LogP contribution in [0.3, 0.4) is 0 Å². The van der Waals surface area contributed by atoms with Gasteiger partial charge in [-0.15, -0.1) is 11.7 Å². The van der Waals surface area contributed by atoms with Gasteiger partial charge in [0.2, 0.25) is 0 Å². The predicted octanol–water partition coefficient (Wildman–Crippen LogP) is 5.06. The van der Waals surface area contributed by atoms with Gasteiger partial charge in [0.15, 0.2) is 11.6 Å². The number of Topliss-reactive ketones (excluding diaryl/α,β-unsaturated/α-hetero) is 2. The SMILES string of the molecule is CCCCC1C(=O)/C(=C(\SS)C(=O)C(C)C)c2ccccc21. The molecule has 1 aromatic rings. The minimum Gasteiger partial charge on any atom is -0.293 e. The molecule has 0 fully saturated rings. The summed E-state index contributed by atoms with van der Waals surface area (Å²) in [5.41, 5.74) is 2.56. The highest BCUT2D eigenvalue weighted by molar-refractivity contribution is 8.70. The number of rotatable bonds is 6. The Hall–Kier alpha value is -1.00. The monoisotopic (exact) mass is 334 g/mol. The van der Waals surface area contributed by atoms with Gasteiger partial charge in [0.25, 0.3) is 0 Å². The van der Waals surface area contributed by atoms with Gasteiger partial charge in [-0.1, -0.05) is 68.7 Å². The van der Waals surface area contributed by atoms with E-state index < -0.39 is 0 Å². The van der Waals surface area contributed by atoms with Crippen LogP contribution in [0.4, 0.5) is 0 Å². The quantitative estimate of drug-likeness (QED) is 0.449. The minimum atomic E-state index is -0.142. The smallest absolute Gasteiger partial charge is 0.173 e. The van der Waals surface area contributed by atoms with Crippen molar-refractivity contribution < 1.29 is 9.59 Å². The molecule has 2 rings (SSSR count). The maximum Gasteiger partial charge on any atom is 0.173 e. The standard InChI is InChI=1S/C18H22O2S2/c1-4-5-8-14-12-9-6-7-10-13(12)15(17(14)20)18(22-21)16(19)11(2)3/h6-7,9-11,14,21H,4-5,8H2,1-3H3/b18-15-. The number of hydrogen-bond acceptors (Lipinski definition) is 4. The summed E-state index contributed by atoms with van der Waals surface area (Å²) in [5, 5.41) is 0. The molecule has 0 aliphatic heterocycles. The first-order chi connectivity index (χ1) is 10.5. The molecule has 0 bridgehead atoms. The van der Waals surface area contributed by atoms with E-state index in [1.54, 1.807) is 0 Å². The van der Waals surface area contributed by atoms with E-state index in [0.717, 1.165) is 41.2 Å². The van der Waals surface area contributed by atoms with Crippen LogP contribution in [-0.2, 0) is 9.59 Å². The van der Waals surface area contributed by atoms with E-state index in [4.69, 9.17) is 0 Å². The largest absolute Gasteiger partial charge is 0.293 e. The molecule has 0 amide bonds. The highest BCUT2D eigenvalue weighted by atomic mass is 33.1. The van der Waals surface area contributed by atoms with E-state index in [9.17, 15) is 9.59 Å². The van der Waals surface area contributed by atoms with Gasteiger partial charge >= 0.3 is 0 Å². The van der Waals surface area contributed by atoms with Crippen LogP contribution >= 0.6 is 22.5 Å². The predicted molar refractivity (Wildman–Crippen MR) is 97.1 cm³/mol. The first kappa shape index (κ1) is 17.4. The van der Waals surface area contributed by atoms with Crippen LogP contribution in [0.15, 0.2) is 29.2 Å². The Balaban J connectivity index is 2.57. The second-order valence-corrected chi connectivity index (χ2v) is 7.10. The van der Waals surface area contributed by atoms with Crippen LogP contribution in [0.5, 0.6) is 0 Å². The van der Waals surface area contributed by atoms with Crippen molar-refractivity contribution in [3.63, 3.8) is 0 Å². The molecule has 1 unspecified atom stereocenters. The topological polar surface area (TPSA) is 34.1 Å². The van der Waals surface area contributed by atoms with Gasteiger partial charge in [-0.3, -0.25) is 9.59 Å². The summed E-state index contributed by atoms with van der Waals surface area (Å²) in [6.07, 6.45) is 2.92. The second-order valence-electron chi connectivity index (χ2n) is 5.96. The highest BCUT2D eigenvalue weighted by Gasteiger charge is 2.37. The Bertz CT molecular complexity index is 617. The third-order valence-corrected chi connectivity index (χ3v) is 5.22. The molecular weight excluding hydrogens is 312 g/mol. The minimum absolute atomic E-state index is 0.00528. The van der Waals surface area contributed by atoms with E-state index in [0.29, 0.717) is 10.5 Å². The number of unbranched alkanes of at least 4 members (excludes halogenated alkanes) is 1. The molecule has 0 radical (unpaired) electrons.